The fourth-order valence-corrected chi connectivity index (χ4v) is 5.63. The van der Waals surface area contributed by atoms with Gasteiger partial charge in [0.05, 0.1) is 25.7 Å². The molecular weight excluding hydrogens is 479 g/mol. The zero-order valence-electron chi connectivity index (χ0n) is 23.3. The molecule has 206 valence electrons. The maximum atomic E-state index is 13.2. The number of piperidine rings is 1. The van der Waals surface area contributed by atoms with E-state index in [0.29, 0.717) is 17.1 Å². The van der Waals surface area contributed by atoms with Crippen LogP contribution in [0.1, 0.15) is 87.1 Å². The van der Waals surface area contributed by atoms with Crippen molar-refractivity contribution in [2.45, 2.75) is 76.5 Å². The van der Waals surface area contributed by atoms with Crippen molar-refractivity contribution in [3.8, 4) is 17.6 Å². The van der Waals surface area contributed by atoms with E-state index in [1.807, 2.05) is 18.2 Å². The SMILES string of the molecule is CCCCCCCC(C#N)(CCCN1CCC(C(=O)c2ccc(F)cc2)CC1)c1ccc(OC)c(OC)c1. The van der Waals surface area contributed by atoms with Gasteiger partial charge in [-0.15, -0.1) is 0 Å². The van der Waals surface area contributed by atoms with E-state index in [-0.39, 0.29) is 17.5 Å². The van der Waals surface area contributed by atoms with Gasteiger partial charge in [-0.25, -0.2) is 4.39 Å². The number of ether oxygens (including phenoxy) is 2. The summed E-state index contributed by atoms with van der Waals surface area (Å²) in [6, 6.07) is 14.5. The average Bonchev–Trinajstić information content (AvgIpc) is 2.96. The number of hydrogen-bond donors (Lipinski definition) is 0. The summed E-state index contributed by atoms with van der Waals surface area (Å²) < 4.78 is 24.2. The first kappa shape index (κ1) is 29.6. The Kier molecular flexibility index (Phi) is 11.6. The minimum absolute atomic E-state index is 0.00945. The number of carbonyl (C=O) groups excluding carboxylic acids is 1. The lowest BCUT2D eigenvalue weighted by Crippen LogP contribution is -2.37. The van der Waals surface area contributed by atoms with Crippen molar-refractivity contribution >= 4 is 5.78 Å². The van der Waals surface area contributed by atoms with Crippen molar-refractivity contribution in [2.24, 2.45) is 5.92 Å². The van der Waals surface area contributed by atoms with Crippen LogP contribution in [0.25, 0.3) is 0 Å². The molecular formula is C32H43FN2O3. The Balaban J connectivity index is 1.60. The largest absolute Gasteiger partial charge is 0.493 e. The average molecular weight is 523 g/mol. The molecule has 1 atom stereocenters. The second kappa shape index (κ2) is 14.9. The van der Waals surface area contributed by atoms with Crippen LogP contribution in [0.5, 0.6) is 11.5 Å². The van der Waals surface area contributed by atoms with Gasteiger partial charge >= 0.3 is 0 Å². The Bertz CT molecular complexity index is 1060. The Morgan fingerprint density at radius 3 is 2.26 bits per heavy atom. The summed E-state index contributed by atoms with van der Waals surface area (Å²) in [5, 5.41) is 10.5. The molecule has 0 saturated carbocycles. The van der Waals surface area contributed by atoms with E-state index < -0.39 is 5.41 Å². The van der Waals surface area contributed by atoms with E-state index in [0.717, 1.165) is 70.1 Å². The van der Waals surface area contributed by atoms with Gasteiger partial charge in [0.1, 0.15) is 5.82 Å². The monoisotopic (exact) mass is 522 g/mol. The minimum atomic E-state index is -0.567. The van der Waals surface area contributed by atoms with E-state index in [9.17, 15) is 14.4 Å². The molecule has 0 bridgehead atoms. The first-order chi connectivity index (χ1) is 18.5. The number of rotatable bonds is 15. The van der Waals surface area contributed by atoms with Crippen LogP contribution in [0, 0.1) is 23.1 Å². The topological polar surface area (TPSA) is 62.6 Å². The normalized spacial score (nSPS) is 16.0. The van der Waals surface area contributed by atoms with Crippen LogP contribution in [-0.4, -0.2) is 44.5 Å². The van der Waals surface area contributed by atoms with Gasteiger partial charge in [0.25, 0.3) is 0 Å². The van der Waals surface area contributed by atoms with Crippen LogP contribution in [-0.2, 0) is 5.41 Å². The van der Waals surface area contributed by atoms with Crippen LogP contribution < -0.4 is 9.47 Å². The molecule has 1 heterocycles. The number of nitriles is 1. The summed E-state index contributed by atoms with van der Waals surface area (Å²) in [4.78, 5) is 15.2. The number of benzene rings is 2. The van der Waals surface area contributed by atoms with E-state index in [1.165, 1.54) is 31.4 Å². The van der Waals surface area contributed by atoms with Gasteiger partial charge in [-0.2, -0.15) is 5.26 Å². The van der Waals surface area contributed by atoms with E-state index in [1.54, 1.807) is 26.4 Å². The number of nitrogens with zero attached hydrogens (tertiary/aromatic N) is 2. The molecule has 0 amide bonds. The van der Waals surface area contributed by atoms with Gasteiger partial charge in [0.15, 0.2) is 17.3 Å². The zero-order chi connectivity index (χ0) is 27.4. The maximum Gasteiger partial charge on any atom is 0.166 e. The van der Waals surface area contributed by atoms with Crippen LogP contribution in [0.15, 0.2) is 42.5 Å². The molecule has 0 radical (unpaired) electrons. The summed E-state index contributed by atoms with van der Waals surface area (Å²) >= 11 is 0. The van der Waals surface area contributed by atoms with Gasteiger partial charge in [-0.3, -0.25) is 4.79 Å². The van der Waals surface area contributed by atoms with Crippen LogP contribution in [0.3, 0.4) is 0 Å². The van der Waals surface area contributed by atoms with Gasteiger partial charge in [0, 0.05) is 11.5 Å². The first-order valence-corrected chi connectivity index (χ1v) is 14.1. The molecule has 0 N–H and O–H groups in total. The lowest BCUT2D eigenvalue weighted by molar-refractivity contribution is 0.0838. The molecule has 0 aromatic heterocycles. The highest BCUT2D eigenvalue weighted by Crippen LogP contribution is 2.39. The number of methoxy groups -OCH3 is 2. The molecule has 1 unspecified atom stereocenters. The molecule has 1 aliphatic rings. The van der Waals surface area contributed by atoms with Crippen LogP contribution >= 0.6 is 0 Å². The molecule has 1 saturated heterocycles. The zero-order valence-corrected chi connectivity index (χ0v) is 23.3. The third kappa shape index (κ3) is 7.80. The number of hydrogen-bond acceptors (Lipinski definition) is 5. The fraction of sp³-hybridized carbons (Fsp3) is 0.562. The second-order valence-corrected chi connectivity index (χ2v) is 10.5. The number of Topliss-reactive ketones (excluding diaryl/α,β-unsaturated/α-hetero) is 1. The number of likely N-dealkylation sites (tertiary alicyclic amines) is 1. The highest BCUT2D eigenvalue weighted by molar-refractivity contribution is 5.97. The van der Waals surface area contributed by atoms with Crippen molar-refractivity contribution in [3.63, 3.8) is 0 Å². The summed E-state index contributed by atoms with van der Waals surface area (Å²) in [7, 11) is 3.25. The van der Waals surface area contributed by atoms with Crippen molar-refractivity contribution in [1.29, 1.82) is 5.26 Å². The maximum absolute atomic E-state index is 13.2. The predicted molar refractivity (Wildman–Crippen MR) is 149 cm³/mol. The van der Waals surface area contributed by atoms with Crippen LogP contribution in [0.4, 0.5) is 4.39 Å². The first-order valence-electron chi connectivity index (χ1n) is 14.1. The van der Waals surface area contributed by atoms with Crippen LogP contribution in [0.2, 0.25) is 0 Å². The molecule has 2 aromatic rings. The van der Waals surface area contributed by atoms with E-state index in [2.05, 4.69) is 17.9 Å². The number of halogens is 1. The van der Waals surface area contributed by atoms with Gasteiger partial charge in [-0.05, 0) is 93.7 Å². The fourth-order valence-electron chi connectivity index (χ4n) is 5.63. The Hall–Kier alpha value is -2.91. The van der Waals surface area contributed by atoms with Gasteiger partial charge < -0.3 is 14.4 Å². The standard InChI is InChI=1S/C32H43FN2O3/c1-4-5-6-7-8-18-32(24-34,27-12-15-29(37-2)30(23-27)38-3)19-9-20-35-21-16-26(17-22-35)31(36)25-10-13-28(33)14-11-25/h10-15,23,26H,4-9,16-22H2,1-3H3. The van der Waals surface area contributed by atoms with Gasteiger partial charge in [-0.1, -0.05) is 45.1 Å². The van der Waals surface area contributed by atoms with Crippen molar-refractivity contribution < 1.29 is 18.7 Å². The Labute approximate surface area is 227 Å². The van der Waals surface area contributed by atoms with Crippen molar-refractivity contribution in [3.05, 3.63) is 59.4 Å². The molecule has 1 fully saturated rings. The van der Waals surface area contributed by atoms with Crippen molar-refractivity contribution in [2.75, 3.05) is 33.9 Å². The second-order valence-electron chi connectivity index (χ2n) is 10.5. The smallest absolute Gasteiger partial charge is 0.166 e. The molecule has 3 rings (SSSR count). The highest BCUT2D eigenvalue weighted by Gasteiger charge is 2.33. The van der Waals surface area contributed by atoms with Crippen molar-refractivity contribution in [1.82, 2.24) is 4.90 Å². The predicted octanol–water partition coefficient (Wildman–Crippen LogP) is 7.34. The summed E-state index contributed by atoms with van der Waals surface area (Å²) in [5.74, 6) is 1.11. The Morgan fingerprint density at radius 1 is 0.974 bits per heavy atom. The molecule has 2 aromatic carbocycles. The quantitative estimate of drug-likeness (QED) is 0.181. The van der Waals surface area contributed by atoms with Gasteiger partial charge in [0.2, 0.25) is 0 Å². The van der Waals surface area contributed by atoms with E-state index in [4.69, 9.17) is 9.47 Å². The third-order valence-electron chi connectivity index (χ3n) is 8.02. The molecule has 38 heavy (non-hydrogen) atoms. The molecule has 5 nitrogen and oxygen atoms in total. The number of ketones is 1. The lowest BCUT2D eigenvalue weighted by Gasteiger charge is -2.33. The minimum Gasteiger partial charge on any atom is -0.493 e. The number of carbonyl (C=O) groups is 1. The number of unbranched alkanes of at least 4 members (excludes halogenated alkanes) is 4. The Morgan fingerprint density at radius 2 is 1.63 bits per heavy atom. The molecule has 6 heteroatoms. The third-order valence-corrected chi connectivity index (χ3v) is 8.02. The van der Waals surface area contributed by atoms with E-state index >= 15 is 0 Å². The molecule has 0 aliphatic carbocycles. The molecule has 0 spiro atoms. The highest BCUT2D eigenvalue weighted by atomic mass is 19.1. The summed E-state index contributed by atoms with van der Waals surface area (Å²) in [5.41, 5.74) is 1.03. The molecule has 1 aliphatic heterocycles. The lowest BCUT2D eigenvalue weighted by atomic mass is 9.74. The summed E-state index contributed by atoms with van der Waals surface area (Å²) in [6.45, 7) is 4.85. The summed E-state index contributed by atoms with van der Waals surface area (Å²) in [6.07, 6.45) is 9.94.